The van der Waals surface area contributed by atoms with Crippen molar-refractivity contribution in [3.63, 3.8) is 0 Å². The maximum absolute atomic E-state index is 11.0. The van der Waals surface area contributed by atoms with E-state index in [2.05, 4.69) is 17.9 Å². The zero-order chi connectivity index (χ0) is 9.56. The van der Waals surface area contributed by atoms with E-state index in [-0.39, 0.29) is 17.3 Å². The van der Waals surface area contributed by atoms with Gasteiger partial charge in [0.15, 0.2) is 0 Å². The molecule has 0 rings (SSSR count). The van der Waals surface area contributed by atoms with Gasteiger partial charge in [0.1, 0.15) is 0 Å². The summed E-state index contributed by atoms with van der Waals surface area (Å²) in [5.41, 5.74) is 0. The van der Waals surface area contributed by atoms with E-state index >= 15 is 0 Å². The first-order valence-electron chi connectivity index (χ1n) is 4.15. The molecule has 0 saturated carbocycles. The zero-order valence-electron chi connectivity index (χ0n) is 7.83. The van der Waals surface area contributed by atoms with Crippen molar-refractivity contribution in [3.05, 3.63) is 0 Å². The molecule has 2 atom stereocenters. The van der Waals surface area contributed by atoms with Gasteiger partial charge in [-0.3, -0.25) is 4.79 Å². The minimum absolute atomic E-state index is 0.0510. The Balaban J connectivity index is 3.47. The van der Waals surface area contributed by atoms with Crippen LogP contribution < -0.4 is 5.32 Å². The maximum Gasteiger partial charge on any atom is 0.232 e. The van der Waals surface area contributed by atoms with Gasteiger partial charge >= 0.3 is 0 Å². The van der Waals surface area contributed by atoms with Crippen LogP contribution in [-0.2, 0) is 9.53 Å². The minimum Gasteiger partial charge on any atom is -0.377 e. The standard InChI is InChI=1S/C8H17NO2S/c1-4-11-6(2)5-9-8(10)7(3)12/h6-7,12H,4-5H2,1-3H3,(H,9,10). The van der Waals surface area contributed by atoms with E-state index in [9.17, 15) is 4.79 Å². The summed E-state index contributed by atoms with van der Waals surface area (Å²) in [6, 6.07) is 0. The number of carbonyl (C=O) groups is 1. The Morgan fingerprint density at radius 3 is 2.58 bits per heavy atom. The molecule has 0 aromatic carbocycles. The Hall–Kier alpha value is -0.220. The highest BCUT2D eigenvalue weighted by Gasteiger charge is 2.08. The molecule has 0 aliphatic carbocycles. The molecule has 0 aliphatic heterocycles. The molecule has 1 N–H and O–H groups in total. The molecule has 72 valence electrons. The second-order valence-corrected chi connectivity index (χ2v) is 3.46. The van der Waals surface area contributed by atoms with Crippen molar-refractivity contribution in [1.29, 1.82) is 0 Å². The monoisotopic (exact) mass is 191 g/mol. The third-order valence-electron chi connectivity index (χ3n) is 1.39. The van der Waals surface area contributed by atoms with Crippen LogP contribution in [0.4, 0.5) is 0 Å². The van der Waals surface area contributed by atoms with Gasteiger partial charge < -0.3 is 10.1 Å². The summed E-state index contributed by atoms with van der Waals surface area (Å²) < 4.78 is 5.23. The lowest BCUT2D eigenvalue weighted by molar-refractivity contribution is -0.120. The van der Waals surface area contributed by atoms with Gasteiger partial charge in [0, 0.05) is 13.2 Å². The van der Waals surface area contributed by atoms with E-state index in [0.717, 1.165) is 0 Å². The van der Waals surface area contributed by atoms with Crippen molar-refractivity contribution in [2.24, 2.45) is 0 Å². The van der Waals surface area contributed by atoms with Crippen LogP contribution in [0.1, 0.15) is 20.8 Å². The molecule has 0 radical (unpaired) electrons. The Bertz CT molecular complexity index is 139. The van der Waals surface area contributed by atoms with Crippen molar-refractivity contribution in [3.8, 4) is 0 Å². The lowest BCUT2D eigenvalue weighted by Crippen LogP contribution is -2.35. The van der Waals surface area contributed by atoms with Gasteiger partial charge in [-0.25, -0.2) is 0 Å². The quantitative estimate of drug-likeness (QED) is 0.632. The summed E-state index contributed by atoms with van der Waals surface area (Å²) in [5, 5.41) is 2.48. The van der Waals surface area contributed by atoms with Crippen molar-refractivity contribution < 1.29 is 9.53 Å². The molecule has 4 heteroatoms. The van der Waals surface area contributed by atoms with E-state index in [4.69, 9.17) is 4.74 Å². The molecule has 3 nitrogen and oxygen atoms in total. The van der Waals surface area contributed by atoms with Crippen LogP contribution in [0.3, 0.4) is 0 Å². The van der Waals surface area contributed by atoms with Gasteiger partial charge in [-0.1, -0.05) is 0 Å². The molecule has 0 heterocycles. The number of nitrogens with one attached hydrogen (secondary N) is 1. The lowest BCUT2D eigenvalue weighted by Gasteiger charge is -2.13. The summed E-state index contributed by atoms with van der Waals surface area (Å²) in [6.45, 7) is 6.82. The second kappa shape index (κ2) is 6.31. The third-order valence-corrected chi connectivity index (χ3v) is 1.63. The molecule has 0 aromatic rings. The average Bonchev–Trinajstić information content (AvgIpc) is 2.00. The van der Waals surface area contributed by atoms with Crippen LogP contribution in [0, 0.1) is 0 Å². The summed E-state index contributed by atoms with van der Waals surface area (Å²) >= 11 is 3.99. The second-order valence-electron chi connectivity index (χ2n) is 2.69. The summed E-state index contributed by atoms with van der Waals surface area (Å²) in [6.07, 6.45) is 0.0750. The van der Waals surface area contributed by atoms with Crippen LogP contribution in [0.5, 0.6) is 0 Å². The molecular formula is C8H17NO2S. The highest BCUT2D eigenvalue weighted by molar-refractivity contribution is 7.81. The summed E-state index contributed by atoms with van der Waals surface area (Å²) in [5.74, 6) is -0.0510. The van der Waals surface area contributed by atoms with Crippen LogP contribution in [0.15, 0.2) is 0 Å². The number of amides is 1. The zero-order valence-corrected chi connectivity index (χ0v) is 8.73. The van der Waals surface area contributed by atoms with Gasteiger partial charge in [0.2, 0.25) is 5.91 Å². The Labute approximate surface area is 79.3 Å². The van der Waals surface area contributed by atoms with Crippen molar-refractivity contribution >= 4 is 18.5 Å². The van der Waals surface area contributed by atoms with E-state index in [1.807, 2.05) is 13.8 Å². The molecule has 0 saturated heterocycles. The topological polar surface area (TPSA) is 38.3 Å². The van der Waals surface area contributed by atoms with Gasteiger partial charge in [0.25, 0.3) is 0 Å². The maximum atomic E-state index is 11.0. The number of ether oxygens (including phenoxy) is 1. The Kier molecular flexibility index (Phi) is 6.20. The lowest BCUT2D eigenvalue weighted by atomic mass is 10.3. The summed E-state index contributed by atoms with van der Waals surface area (Å²) in [7, 11) is 0. The summed E-state index contributed by atoms with van der Waals surface area (Å²) in [4.78, 5) is 11.0. The van der Waals surface area contributed by atoms with E-state index in [0.29, 0.717) is 13.2 Å². The fraction of sp³-hybridized carbons (Fsp3) is 0.875. The van der Waals surface area contributed by atoms with Crippen molar-refractivity contribution in [2.45, 2.75) is 32.1 Å². The van der Waals surface area contributed by atoms with Crippen molar-refractivity contribution in [1.82, 2.24) is 5.32 Å². The predicted molar refractivity (Wildman–Crippen MR) is 52.5 cm³/mol. The number of hydrogen-bond donors (Lipinski definition) is 2. The molecule has 0 aliphatic rings. The number of hydrogen-bond acceptors (Lipinski definition) is 3. The molecule has 0 bridgehead atoms. The Morgan fingerprint density at radius 1 is 1.58 bits per heavy atom. The fourth-order valence-electron chi connectivity index (χ4n) is 0.735. The third kappa shape index (κ3) is 5.43. The molecule has 0 aromatic heterocycles. The smallest absolute Gasteiger partial charge is 0.232 e. The molecular weight excluding hydrogens is 174 g/mol. The highest BCUT2D eigenvalue weighted by Crippen LogP contribution is 1.93. The Morgan fingerprint density at radius 2 is 2.17 bits per heavy atom. The van der Waals surface area contributed by atoms with Crippen LogP contribution in [-0.4, -0.2) is 30.4 Å². The van der Waals surface area contributed by atoms with Crippen LogP contribution in [0.2, 0.25) is 0 Å². The largest absolute Gasteiger partial charge is 0.377 e. The van der Waals surface area contributed by atoms with E-state index < -0.39 is 0 Å². The molecule has 2 unspecified atom stereocenters. The number of carbonyl (C=O) groups excluding carboxylic acids is 1. The first-order valence-corrected chi connectivity index (χ1v) is 4.67. The first-order chi connectivity index (χ1) is 5.57. The highest BCUT2D eigenvalue weighted by atomic mass is 32.1. The average molecular weight is 191 g/mol. The molecule has 1 amide bonds. The van der Waals surface area contributed by atoms with Crippen molar-refractivity contribution in [2.75, 3.05) is 13.2 Å². The fourth-order valence-corrected chi connectivity index (χ4v) is 0.827. The number of thiol groups is 1. The van der Waals surface area contributed by atoms with Crippen LogP contribution in [0.25, 0.3) is 0 Å². The van der Waals surface area contributed by atoms with Gasteiger partial charge in [0.05, 0.1) is 11.4 Å². The first kappa shape index (κ1) is 11.8. The van der Waals surface area contributed by atoms with E-state index in [1.54, 1.807) is 6.92 Å². The molecule has 0 fully saturated rings. The number of rotatable bonds is 5. The van der Waals surface area contributed by atoms with Gasteiger partial charge in [-0.15, -0.1) is 0 Å². The minimum atomic E-state index is -0.251. The van der Waals surface area contributed by atoms with Gasteiger partial charge in [-0.05, 0) is 20.8 Å². The van der Waals surface area contributed by atoms with Crippen LogP contribution >= 0.6 is 12.6 Å². The van der Waals surface area contributed by atoms with Gasteiger partial charge in [-0.2, -0.15) is 12.6 Å². The molecule has 0 spiro atoms. The SMILES string of the molecule is CCOC(C)CNC(=O)C(C)S. The van der Waals surface area contributed by atoms with E-state index in [1.165, 1.54) is 0 Å². The normalized spacial score (nSPS) is 15.3. The molecule has 12 heavy (non-hydrogen) atoms. The predicted octanol–water partition coefficient (Wildman–Crippen LogP) is 0.846.